The van der Waals surface area contributed by atoms with Crippen LogP contribution in [0.4, 0.5) is 0 Å². The van der Waals surface area contributed by atoms with Crippen LogP contribution < -0.4 is 5.32 Å². The molecule has 1 aromatic rings. The molecule has 1 aromatic carbocycles. The fourth-order valence-electron chi connectivity index (χ4n) is 1.71. The van der Waals surface area contributed by atoms with Gasteiger partial charge in [-0.1, -0.05) is 50.0 Å². The zero-order valence-corrected chi connectivity index (χ0v) is 16.0. The summed E-state index contributed by atoms with van der Waals surface area (Å²) in [5.74, 6) is -0.342. The molecule has 23 heavy (non-hydrogen) atoms. The Balaban J connectivity index is 2.81. The number of nitrogens with zero attached hydrogens (tertiary/aromatic N) is 1. The summed E-state index contributed by atoms with van der Waals surface area (Å²) < 4.78 is 24.9. The normalized spacial score (nSPS) is 12.5. The third-order valence-corrected chi connectivity index (χ3v) is 4.88. The Morgan fingerprint density at radius 3 is 2.30 bits per heavy atom. The summed E-state index contributed by atoms with van der Waals surface area (Å²) in [7, 11) is -3.54. The van der Waals surface area contributed by atoms with Gasteiger partial charge in [0.25, 0.3) is 0 Å². The Morgan fingerprint density at radius 1 is 1.22 bits per heavy atom. The van der Waals surface area contributed by atoms with Gasteiger partial charge in [-0.05, 0) is 23.1 Å². The fourth-order valence-corrected chi connectivity index (χ4v) is 2.77. The highest BCUT2D eigenvalue weighted by Gasteiger charge is 2.21. The summed E-state index contributed by atoms with van der Waals surface area (Å²) in [6.45, 7) is 6.23. The predicted molar refractivity (Wildman–Crippen MR) is 94.2 cm³/mol. The van der Waals surface area contributed by atoms with E-state index in [1.165, 1.54) is 0 Å². The van der Waals surface area contributed by atoms with E-state index in [-0.39, 0.29) is 24.4 Å². The number of halogens is 2. The monoisotopic (exact) mass is 380 g/mol. The molecule has 1 rings (SSSR count). The molecule has 0 bridgehead atoms. The largest absolute Gasteiger partial charge is 0.354 e. The van der Waals surface area contributed by atoms with Crippen molar-refractivity contribution in [3.63, 3.8) is 0 Å². The van der Waals surface area contributed by atoms with Crippen molar-refractivity contribution in [2.24, 2.45) is 5.41 Å². The first-order valence-electron chi connectivity index (χ1n) is 7.04. The Bertz CT molecular complexity index is 670. The van der Waals surface area contributed by atoms with Crippen LogP contribution in [0, 0.1) is 5.41 Å². The van der Waals surface area contributed by atoms with E-state index in [1.807, 2.05) is 20.8 Å². The number of carbonyl (C=O) groups excluding carboxylic acids is 1. The molecular formula is C15H22Cl2N2O3S. The van der Waals surface area contributed by atoms with Crippen LogP contribution in [-0.4, -0.2) is 38.0 Å². The third-order valence-electron chi connectivity index (χ3n) is 2.95. The van der Waals surface area contributed by atoms with Crippen molar-refractivity contribution in [1.82, 2.24) is 9.62 Å². The number of sulfonamides is 1. The Morgan fingerprint density at radius 2 is 1.83 bits per heavy atom. The van der Waals surface area contributed by atoms with Gasteiger partial charge in [0.05, 0.1) is 22.8 Å². The molecule has 1 amide bonds. The lowest BCUT2D eigenvalue weighted by molar-refractivity contribution is -0.121. The van der Waals surface area contributed by atoms with E-state index in [0.29, 0.717) is 22.2 Å². The van der Waals surface area contributed by atoms with Crippen LogP contribution in [0.5, 0.6) is 0 Å². The van der Waals surface area contributed by atoms with Gasteiger partial charge in [0.1, 0.15) is 0 Å². The number of hydrogen-bond acceptors (Lipinski definition) is 3. The summed E-state index contributed by atoms with van der Waals surface area (Å²) >= 11 is 11.8. The number of benzene rings is 1. The highest BCUT2D eigenvalue weighted by Crippen LogP contribution is 2.23. The SMILES string of the molecule is CC(C)(C)CNC(=O)CN(Cc1ccc(Cl)c(Cl)c1)S(C)(=O)=O. The van der Waals surface area contributed by atoms with Crippen molar-refractivity contribution >= 4 is 39.1 Å². The second-order valence-electron chi connectivity index (χ2n) is 6.62. The molecule has 0 aliphatic rings. The molecule has 0 fully saturated rings. The number of hydrogen-bond donors (Lipinski definition) is 1. The van der Waals surface area contributed by atoms with Gasteiger partial charge in [-0.2, -0.15) is 4.31 Å². The smallest absolute Gasteiger partial charge is 0.235 e. The number of carbonyl (C=O) groups is 1. The summed E-state index contributed by atoms with van der Waals surface area (Å²) in [5.41, 5.74) is 0.586. The molecule has 0 heterocycles. The first kappa shape index (κ1) is 20.2. The first-order valence-corrected chi connectivity index (χ1v) is 9.65. The second-order valence-corrected chi connectivity index (χ2v) is 9.41. The van der Waals surface area contributed by atoms with E-state index in [9.17, 15) is 13.2 Å². The Hall–Kier alpha value is -0.820. The molecular weight excluding hydrogens is 359 g/mol. The Kier molecular flexibility index (Phi) is 6.89. The van der Waals surface area contributed by atoms with Crippen molar-refractivity contribution in [3.8, 4) is 0 Å². The number of rotatable bonds is 6. The number of amides is 1. The average Bonchev–Trinajstić information content (AvgIpc) is 2.38. The fraction of sp³-hybridized carbons (Fsp3) is 0.533. The molecule has 0 unspecified atom stereocenters. The molecule has 5 nitrogen and oxygen atoms in total. The molecule has 0 aliphatic carbocycles. The minimum atomic E-state index is -3.54. The van der Waals surface area contributed by atoms with Crippen molar-refractivity contribution in [2.75, 3.05) is 19.3 Å². The standard InChI is InChI=1S/C15H22Cl2N2O3S/c1-15(2,3)10-18-14(20)9-19(23(4,21)22)8-11-5-6-12(16)13(17)7-11/h5-7H,8-10H2,1-4H3,(H,18,20). The number of nitrogens with one attached hydrogen (secondary N) is 1. The van der Waals surface area contributed by atoms with E-state index in [4.69, 9.17) is 23.2 Å². The molecule has 130 valence electrons. The van der Waals surface area contributed by atoms with Crippen molar-refractivity contribution in [2.45, 2.75) is 27.3 Å². The highest BCUT2D eigenvalue weighted by molar-refractivity contribution is 7.88. The van der Waals surface area contributed by atoms with Gasteiger partial charge in [-0.15, -0.1) is 0 Å². The van der Waals surface area contributed by atoms with Crippen LogP contribution in [-0.2, 0) is 21.4 Å². The summed E-state index contributed by atoms with van der Waals surface area (Å²) in [6, 6.07) is 4.87. The van der Waals surface area contributed by atoms with E-state index < -0.39 is 10.0 Å². The third kappa shape index (κ3) is 7.52. The second kappa shape index (κ2) is 7.83. The maximum absolute atomic E-state index is 12.0. The van der Waals surface area contributed by atoms with Gasteiger partial charge in [0, 0.05) is 13.1 Å². The van der Waals surface area contributed by atoms with Gasteiger partial charge < -0.3 is 5.32 Å². The van der Waals surface area contributed by atoms with Gasteiger partial charge in [0.2, 0.25) is 15.9 Å². The van der Waals surface area contributed by atoms with E-state index in [2.05, 4.69) is 5.32 Å². The maximum atomic E-state index is 12.0. The minimum Gasteiger partial charge on any atom is -0.354 e. The van der Waals surface area contributed by atoms with E-state index >= 15 is 0 Å². The van der Waals surface area contributed by atoms with E-state index in [0.717, 1.165) is 10.6 Å². The van der Waals surface area contributed by atoms with Gasteiger partial charge >= 0.3 is 0 Å². The quantitative estimate of drug-likeness (QED) is 0.824. The lowest BCUT2D eigenvalue weighted by Gasteiger charge is -2.22. The first-order chi connectivity index (χ1) is 10.4. The molecule has 0 radical (unpaired) electrons. The zero-order valence-electron chi connectivity index (χ0n) is 13.7. The maximum Gasteiger partial charge on any atom is 0.235 e. The molecule has 8 heteroatoms. The van der Waals surface area contributed by atoms with Gasteiger partial charge in [0.15, 0.2) is 0 Å². The summed E-state index contributed by atoms with van der Waals surface area (Å²) in [6.07, 6.45) is 1.07. The van der Waals surface area contributed by atoms with Crippen molar-refractivity contribution < 1.29 is 13.2 Å². The molecule has 0 saturated heterocycles. The van der Waals surface area contributed by atoms with Crippen LogP contribution in [0.1, 0.15) is 26.3 Å². The van der Waals surface area contributed by atoms with Crippen LogP contribution in [0.2, 0.25) is 10.0 Å². The highest BCUT2D eigenvalue weighted by atomic mass is 35.5. The molecule has 0 aliphatic heterocycles. The zero-order chi connectivity index (χ0) is 17.8. The van der Waals surface area contributed by atoms with Crippen LogP contribution >= 0.6 is 23.2 Å². The topological polar surface area (TPSA) is 66.5 Å². The summed E-state index contributed by atoms with van der Waals surface area (Å²) in [4.78, 5) is 12.0. The van der Waals surface area contributed by atoms with Crippen LogP contribution in [0.3, 0.4) is 0 Å². The molecule has 0 saturated carbocycles. The van der Waals surface area contributed by atoms with Gasteiger partial charge in [-0.25, -0.2) is 8.42 Å². The molecule has 0 spiro atoms. The van der Waals surface area contributed by atoms with Gasteiger partial charge in [-0.3, -0.25) is 4.79 Å². The Labute approximate surface area is 148 Å². The van der Waals surface area contributed by atoms with Crippen molar-refractivity contribution in [3.05, 3.63) is 33.8 Å². The van der Waals surface area contributed by atoms with Crippen LogP contribution in [0.25, 0.3) is 0 Å². The molecule has 1 N–H and O–H groups in total. The predicted octanol–water partition coefficient (Wildman–Crippen LogP) is 2.92. The average molecular weight is 381 g/mol. The molecule has 0 atom stereocenters. The molecule has 0 aromatic heterocycles. The summed E-state index contributed by atoms with van der Waals surface area (Å²) in [5, 5.41) is 3.47. The lowest BCUT2D eigenvalue weighted by Crippen LogP contribution is -2.42. The lowest BCUT2D eigenvalue weighted by atomic mass is 9.97. The van der Waals surface area contributed by atoms with Crippen molar-refractivity contribution in [1.29, 1.82) is 0 Å². The van der Waals surface area contributed by atoms with Crippen LogP contribution in [0.15, 0.2) is 18.2 Å². The minimum absolute atomic E-state index is 0.0542. The van der Waals surface area contributed by atoms with E-state index in [1.54, 1.807) is 18.2 Å².